The molecular weight excluding hydrogens is 350 g/mol. The summed E-state index contributed by atoms with van der Waals surface area (Å²) in [5.74, 6) is 1.35. The predicted molar refractivity (Wildman–Crippen MR) is 101 cm³/mol. The second-order valence-electron chi connectivity index (χ2n) is 6.20. The lowest BCUT2D eigenvalue weighted by molar-refractivity contribution is 0.483. The molecule has 1 N–H and O–H groups in total. The molecule has 0 unspecified atom stereocenters. The zero-order valence-corrected chi connectivity index (χ0v) is 15.7. The molecule has 3 aromatic rings. The topological polar surface area (TPSA) is 73.2 Å². The van der Waals surface area contributed by atoms with Gasteiger partial charge in [-0.25, -0.2) is 8.42 Å². The van der Waals surface area contributed by atoms with Crippen molar-refractivity contribution in [1.82, 2.24) is 9.78 Å². The van der Waals surface area contributed by atoms with Crippen molar-refractivity contribution < 1.29 is 13.2 Å². The first kappa shape index (κ1) is 18.0. The summed E-state index contributed by atoms with van der Waals surface area (Å²) in [6.45, 7) is 5.58. The quantitative estimate of drug-likeness (QED) is 0.698. The summed E-state index contributed by atoms with van der Waals surface area (Å²) >= 11 is 0. The smallest absolute Gasteiger partial charge is 0.265 e. The maximum Gasteiger partial charge on any atom is 0.265 e. The number of aromatic nitrogens is 2. The zero-order chi connectivity index (χ0) is 18.7. The molecule has 0 spiro atoms. The van der Waals surface area contributed by atoms with Crippen molar-refractivity contribution in [1.29, 1.82) is 0 Å². The van der Waals surface area contributed by atoms with Crippen LogP contribution in [0.3, 0.4) is 0 Å². The first-order chi connectivity index (χ1) is 12.3. The molecule has 0 radical (unpaired) electrons. The molecule has 0 amide bonds. The third-order valence-corrected chi connectivity index (χ3v) is 5.26. The summed E-state index contributed by atoms with van der Waals surface area (Å²) in [5, 5.41) is 4.26. The standard InChI is InChI=1S/C19H21N3O3S/c1-14(2)22-13-19(15(3)20-22)26(23,24)21-16-9-11-18(12-10-16)25-17-7-5-4-6-8-17/h4-14,21H,1-3H3. The summed E-state index contributed by atoms with van der Waals surface area (Å²) in [7, 11) is -3.70. The van der Waals surface area contributed by atoms with E-state index < -0.39 is 10.0 Å². The highest BCUT2D eigenvalue weighted by Gasteiger charge is 2.21. The molecule has 3 rings (SSSR count). The molecule has 7 heteroatoms. The Kier molecular flexibility index (Phi) is 4.99. The Morgan fingerprint density at radius 2 is 1.62 bits per heavy atom. The van der Waals surface area contributed by atoms with E-state index in [9.17, 15) is 8.42 Å². The molecule has 0 fully saturated rings. The van der Waals surface area contributed by atoms with E-state index in [1.54, 1.807) is 42.1 Å². The number of hydrogen-bond donors (Lipinski definition) is 1. The zero-order valence-electron chi connectivity index (χ0n) is 14.9. The summed E-state index contributed by atoms with van der Waals surface area (Å²) < 4.78 is 35.2. The van der Waals surface area contributed by atoms with Gasteiger partial charge in [-0.15, -0.1) is 0 Å². The van der Waals surface area contributed by atoms with Crippen LogP contribution in [0.1, 0.15) is 25.6 Å². The van der Waals surface area contributed by atoms with Crippen molar-refractivity contribution in [3.8, 4) is 11.5 Å². The Bertz CT molecular complexity index is 979. The summed E-state index contributed by atoms with van der Waals surface area (Å²) in [4.78, 5) is 0.177. The van der Waals surface area contributed by atoms with Gasteiger partial charge >= 0.3 is 0 Å². The van der Waals surface area contributed by atoms with Crippen LogP contribution in [0.2, 0.25) is 0 Å². The number of benzene rings is 2. The molecule has 0 saturated carbocycles. The minimum Gasteiger partial charge on any atom is -0.457 e. The van der Waals surface area contributed by atoms with Gasteiger partial charge in [0, 0.05) is 17.9 Å². The van der Waals surface area contributed by atoms with E-state index in [-0.39, 0.29) is 10.9 Å². The number of anilines is 1. The van der Waals surface area contributed by atoms with Gasteiger partial charge in [-0.05, 0) is 57.2 Å². The second kappa shape index (κ2) is 7.21. The van der Waals surface area contributed by atoms with Gasteiger partial charge in [0.1, 0.15) is 16.4 Å². The molecule has 0 aliphatic rings. The van der Waals surface area contributed by atoms with Crippen LogP contribution in [0.15, 0.2) is 65.7 Å². The fraction of sp³-hybridized carbons (Fsp3) is 0.211. The number of para-hydroxylation sites is 1. The molecule has 1 aromatic heterocycles. The lowest BCUT2D eigenvalue weighted by Gasteiger charge is -2.09. The van der Waals surface area contributed by atoms with E-state index in [1.165, 1.54) is 0 Å². The molecule has 0 bridgehead atoms. The number of ether oxygens (including phenoxy) is 1. The summed E-state index contributed by atoms with van der Waals surface area (Å²) in [6.07, 6.45) is 1.55. The third-order valence-electron chi connectivity index (χ3n) is 3.78. The number of nitrogens with one attached hydrogen (secondary N) is 1. The van der Waals surface area contributed by atoms with E-state index in [0.717, 1.165) is 5.75 Å². The Hall–Kier alpha value is -2.80. The average Bonchev–Trinajstić information content (AvgIpc) is 3.00. The normalized spacial score (nSPS) is 11.5. The van der Waals surface area contributed by atoms with Crippen molar-refractivity contribution in [3.63, 3.8) is 0 Å². The van der Waals surface area contributed by atoms with E-state index >= 15 is 0 Å². The van der Waals surface area contributed by atoms with E-state index in [0.29, 0.717) is 17.1 Å². The molecule has 1 heterocycles. The lowest BCUT2D eigenvalue weighted by atomic mass is 10.3. The highest BCUT2D eigenvalue weighted by Crippen LogP contribution is 2.25. The van der Waals surface area contributed by atoms with Gasteiger partial charge < -0.3 is 4.74 Å². The van der Waals surface area contributed by atoms with Crippen LogP contribution in [0, 0.1) is 6.92 Å². The lowest BCUT2D eigenvalue weighted by Crippen LogP contribution is -2.13. The van der Waals surface area contributed by atoms with Crippen molar-refractivity contribution in [2.24, 2.45) is 0 Å². The number of aryl methyl sites for hydroxylation is 1. The third kappa shape index (κ3) is 4.05. The molecule has 0 aliphatic heterocycles. The molecule has 0 saturated heterocycles. The number of hydrogen-bond acceptors (Lipinski definition) is 4. The first-order valence-corrected chi connectivity index (χ1v) is 9.75. The molecule has 2 aromatic carbocycles. The van der Waals surface area contributed by atoms with Crippen LogP contribution in [-0.4, -0.2) is 18.2 Å². The predicted octanol–water partition coefficient (Wildman–Crippen LogP) is 4.37. The maximum absolute atomic E-state index is 12.6. The van der Waals surface area contributed by atoms with Gasteiger partial charge in [0.2, 0.25) is 0 Å². The van der Waals surface area contributed by atoms with Gasteiger partial charge in [-0.3, -0.25) is 9.40 Å². The minimum atomic E-state index is -3.70. The number of sulfonamides is 1. The summed E-state index contributed by atoms with van der Waals surface area (Å²) in [5.41, 5.74) is 0.928. The number of nitrogens with zero attached hydrogens (tertiary/aromatic N) is 2. The highest BCUT2D eigenvalue weighted by atomic mass is 32.2. The Balaban J connectivity index is 1.76. The summed E-state index contributed by atoms with van der Waals surface area (Å²) in [6, 6.07) is 16.2. The van der Waals surface area contributed by atoms with Crippen LogP contribution < -0.4 is 9.46 Å². The monoisotopic (exact) mass is 371 g/mol. The van der Waals surface area contributed by atoms with Gasteiger partial charge in [0.15, 0.2) is 0 Å². The van der Waals surface area contributed by atoms with Crippen LogP contribution in [0.4, 0.5) is 5.69 Å². The molecular formula is C19H21N3O3S. The molecule has 0 atom stereocenters. The van der Waals surface area contributed by atoms with E-state index in [1.807, 2.05) is 44.2 Å². The van der Waals surface area contributed by atoms with Gasteiger partial charge in [-0.2, -0.15) is 5.10 Å². The van der Waals surface area contributed by atoms with Crippen LogP contribution in [0.25, 0.3) is 0 Å². The van der Waals surface area contributed by atoms with Crippen LogP contribution in [0.5, 0.6) is 11.5 Å². The average molecular weight is 371 g/mol. The Morgan fingerprint density at radius 3 is 2.19 bits per heavy atom. The fourth-order valence-electron chi connectivity index (χ4n) is 2.42. The van der Waals surface area contributed by atoms with Crippen LogP contribution in [-0.2, 0) is 10.0 Å². The highest BCUT2D eigenvalue weighted by molar-refractivity contribution is 7.92. The van der Waals surface area contributed by atoms with Gasteiger partial charge in [0.25, 0.3) is 10.0 Å². The minimum absolute atomic E-state index is 0.0899. The fourth-order valence-corrected chi connectivity index (χ4v) is 3.65. The second-order valence-corrected chi connectivity index (χ2v) is 7.85. The molecule has 6 nitrogen and oxygen atoms in total. The maximum atomic E-state index is 12.6. The molecule has 26 heavy (non-hydrogen) atoms. The van der Waals surface area contributed by atoms with E-state index in [2.05, 4.69) is 9.82 Å². The van der Waals surface area contributed by atoms with Crippen molar-refractivity contribution in [2.75, 3.05) is 4.72 Å². The van der Waals surface area contributed by atoms with Crippen LogP contribution >= 0.6 is 0 Å². The largest absolute Gasteiger partial charge is 0.457 e. The van der Waals surface area contributed by atoms with Gasteiger partial charge in [0.05, 0.1) is 5.69 Å². The van der Waals surface area contributed by atoms with Gasteiger partial charge in [-0.1, -0.05) is 18.2 Å². The first-order valence-electron chi connectivity index (χ1n) is 8.27. The molecule has 136 valence electrons. The van der Waals surface area contributed by atoms with Crippen molar-refractivity contribution >= 4 is 15.7 Å². The van der Waals surface area contributed by atoms with Crippen molar-refractivity contribution in [3.05, 3.63) is 66.5 Å². The van der Waals surface area contributed by atoms with E-state index in [4.69, 9.17) is 4.74 Å². The SMILES string of the molecule is Cc1nn(C(C)C)cc1S(=O)(=O)Nc1ccc(Oc2ccccc2)cc1. The number of rotatable bonds is 6. The molecule has 0 aliphatic carbocycles. The Morgan fingerprint density at radius 1 is 1.00 bits per heavy atom. The van der Waals surface area contributed by atoms with Crippen molar-refractivity contribution in [2.45, 2.75) is 31.7 Å². The Labute approximate surface area is 153 Å².